The van der Waals surface area contributed by atoms with Crippen molar-refractivity contribution in [2.24, 2.45) is 0 Å². The molecule has 5 nitrogen and oxygen atoms in total. The van der Waals surface area contributed by atoms with E-state index >= 15 is 0 Å². The summed E-state index contributed by atoms with van der Waals surface area (Å²) >= 11 is 0. The van der Waals surface area contributed by atoms with Gasteiger partial charge in [-0.3, -0.25) is 4.79 Å². The smallest absolute Gasteiger partial charge is 0.306 e. The Bertz CT molecular complexity index is 1230. The fraction of sp³-hybridized carbons (Fsp3) is 0.406. The van der Waals surface area contributed by atoms with Crippen LogP contribution in [0, 0.1) is 19.7 Å². The molecule has 0 radical (unpaired) electrons. The average molecular weight is 520 g/mol. The van der Waals surface area contributed by atoms with Gasteiger partial charge in [0, 0.05) is 18.5 Å². The lowest BCUT2D eigenvalue weighted by Gasteiger charge is -2.21. The van der Waals surface area contributed by atoms with Gasteiger partial charge in [-0.15, -0.1) is 0 Å². The van der Waals surface area contributed by atoms with E-state index in [1.807, 2.05) is 12.1 Å². The molecule has 0 saturated carbocycles. The number of esters is 1. The maximum atomic E-state index is 14.5. The summed E-state index contributed by atoms with van der Waals surface area (Å²) in [6.07, 6.45) is 2.88. The zero-order chi connectivity index (χ0) is 27.1. The highest BCUT2D eigenvalue weighted by Crippen LogP contribution is 2.32. The fourth-order valence-electron chi connectivity index (χ4n) is 5.12. The van der Waals surface area contributed by atoms with Gasteiger partial charge in [0.25, 0.3) is 0 Å². The Hall–Kier alpha value is -3.38. The number of carbonyl (C=O) groups is 1. The molecule has 3 aromatic carbocycles. The van der Waals surface area contributed by atoms with Crippen molar-refractivity contribution >= 4 is 5.97 Å². The van der Waals surface area contributed by atoms with E-state index in [2.05, 4.69) is 50.1 Å². The highest BCUT2D eigenvalue weighted by molar-refractivity contribution is 5.72. The Morgan fingerprint density at radius 2 is 1.82 bits per heavy atom. The molecule has 1 saturated heterocycles. The molecule has 202 valence electrons. The second kappa shape index (κ2) is 12.9. The summed E-state index contributed by atoms with van der Waals surface area (Å²) < 4.78 is 31.5. The first-order valence-corrected chi connectivity index (χ1v) is 13.4. The molecule has 6 heteroatoms. The molecular weight excluding hydrogens is 481 g/mol. The van der Waals surface area contributed by atoms with Crippen LogP contribution in [0.2, 0.25) is 0 Å². The lowest BCUT2D eigenvalue weighted by molar-refractivity contribution is -0.143. The lowest BCUT2D eigenvalue weighted by atomic mass is 9.94. The van der Waals surface area contributed by atoms with E-state index in [1.165, 1.54) is 35.6 Å². The third-order valence-corrected chi connectivity index (χ3v) is 7.17. The van der Waals surface area contributed by atoms with Crippen molar-refractivity contribution in [2.45, 2.75) is 59.1 Å². The number of aryl methyl sites for hydroxylation is 3. The fourth-order valence-corrected chi connectivity index (χ4v) is 5.12. The van der Waals surface area contributed by atoms with Gasteiger partial charge in [-0.1, -0.05) is 24.3 Å². The number of hydrogen-bond donors (Lipinski definition) is 0. The molecule has 0 unspecified atom stereocenters. The van der Waals surface area contributed by atoms with Crippen molar-refractivity contribution < 1.29 is 23.4 Å². The second-order valence-corrected chi connectivity index (χ2v) is 10.1. The first kappa shape index (κ1) is 27.6. The predicted molar refractivity (Wildman–Crippen MR) is 148 cm³/mol. The Kier molecular flexibility index (Phi) is 9.40. The van der Waals surface area contributed by atoms with Gasteiger partial charge >= 0.3 is 5.97 Å². The van der Waals surface area contributed by atoms with Crippen LogP contribution in [-0.4, -0.2) is 43.7 Å². The number of halogens is 1. The Morgan fingerprint density at radius 3 is 2.50 bits per heavy atom. The summed E-state index contributed by atoms with van der Waals surface area (Å²) in [6, 6.07) is 17.8. The SMILES string of the molecule is CCOC(=O)CCc1ccc(OCc2cccc(-c3c(C)cc(OC[C@@H]4CCCN4C)cc3C)c2)cc1F. The summed E-state index contributed by atoms with van der Waals surface area (Å²) in [7, 11) is 2.16. The van der Waals surface area contributed by atoms with Gasteiger partial charge in [-0.05, 0) is 111 Å². The highest BCUT2D eigenvalue weighted by atomic mass is 19.1. The first-order valence-electron chi connectivity index (χ1n) is 13.4. The number of rotatable bonds is 11. The molecule has 0 spiro atoms. The largest absolute Gasteiger partial charge is 0.492 e. The minimum atomic E-state index is -0.381. The van der Waals surface area contributed by atoms with Crippen LogP contribution >= 0.6 is 0 Å². The van der Waals surface area contributed by atoms with Crippen molar-refractivity contribution in [3.63, 3.8) is 0 Å². The summed E-state index contributed by atoms with van der Waals surface area (Å²) in [6.45, 7) is 8.50. The number of carbonyl (C=O) groups excluding carboxylic acids is 1. The summed E-state index contributed by atoms with van der Waals surface area (Å²) in [5.41, 5.74) is 6.10. The van der Waals surface area contributed by atoms with Crippen molar-refractivity contribution in [3.8, 4) is 22.6 Å². The van der Waals surface area contributed by atoms with Crippen LogP contribution < -0.4 is 9.47 Å². The minimum absolute atomic E-state index is 0.154. The van der Waals surface area contributed by atoms with Crippen LogP contribution in [0.25, 0.3) is 11.1 Å². The monoisotopic (exact) mass is 519 g/mol. The second-order valence-electron chi connectivity index (χ2n) is 10.1. The van der Waals surface area contributed by atoms with E-state index in [9.17, 15) is 9.18 Å². The van der Waals surface area contributed by atoms with Gasteiger partial charge in [-0.2, -0.15) is 0 Å². The van der Waals surface area contributed by atoms with E-state index in [-0.39, 0.29) is 18.2 Å². The number of ether oxygens (including phenoxy) is 3. The number of likely N-dealkylation sites (N-methyl/N-ethyl adjacent to an activating group) is 1. The van der Waals surface area contributed by atoms with E-state index in [4.69, 9.17) is 14.2 Å². The molecule has 0 amide bonds. The van der Waals surface area contributed by atoms with Crippen molar-refractivity contribution in [1.29, 1.82) is 0 Å². The summed E-state index contributed by atoms with van der Waals surface area (Å²) in [5.74, 6) is 0.663. The van der Waals surface area contributed by atoms with Crippen LogP contribution in [0.4, 0.5) is 4.39 Å². The molecule has 1 aliphatic rings. The molecule has 0 aliphatic carbocycles. The number of likely N-dealkylation sites (tertiary alicyclic amines) is 1. The minimum Gasteiger partial charge on any atom is -0.492 e. The molecule has 1 atom stereocenters. The molecule has 1 aliphatic heterocycles. The van der Waals surface area contributed by atoms with Gasteiger partial charge in [0.1, 0.15) is 30.5 Å². The number of nitrogens with zero attached hydrogens (tertiary/aromatic N) is 1. The quantitative estimate of drug-likeness (QED) is 0.265. The van der Waals surface area contributed by atoms with Crippen molar-refractivity contribution in [2.75, 3.05) is 26.8 Å². The van der Waals surface area contributed by atoms with Crippen LogP contribution in [-0.2, 0) is 22.6 Å². The normalized spacial score (nSPS) is 15.4. The van der Waals surface area contributed by atoms with E-state index in [0.29, 0.717) is 43.6 Å². The molecule has 1 fully saturated rings. The average Bonchev–Trinajstić information content (AvgIpc) is 3.30. The molecule has 3 aromatic rings. The molecular formula is C32H38FNO4. The van der Waals surface area contributed by atoms with Crippen molar-refractivity contribution in [3.05, 3.63) is 82.7 Å². The molecule has 1 heterocycles. The summed E-state index contributed by atoms with van der Waals surface area (Å²) in [4.78, 5) is 13.9. The van der Waals surface area contributed by atoms with Gasteiger partial charge in [0.15, 0.2) is 0 Å². The third kappa shape index (κ3) is 7.13. The standard InChI is InChI=1S/C32H38FNO4/c1-5-36-31(35)14-12-25-11-13-28(19-30(25)33)37-20-24-8-6-9-26(18-24)32-22(2)16-29(17-23(32)3)38-21-27-10-7-15-34(27)4/h6,8-9,11,13,16-19,27H,5,7,10,12,14-15,20-21H2,1-4H3/t27-/m0/s1. The third-order valence-electron chi connectivity index (χ3n) is 7.17. The Balaban J connectivity index is 1.39. The first-order chi connectivity index (χ1) is 18.3. The summed E-state index contributed by atoms with van der Waals surface area (Å²) in [5, 5.41) is 0. The zero-order valence-electron chi connectivity index (χ0n) is 22.9. The van der Waals surface area contributed by atoms with Crippen molar-refractivity contribution in [1.82, 2.24) is 4.90 Å². The van der Waals surface area contributed by atoms with Gasteiger partial charge in [0.2, 0.25) is 0 Å². The van der Waals surface area contributed by atoms with E-state index < -0.39 is 0 Å². The van der Waals surface area contributed by atoms with Gasteiger partial charge in [0.05, 0.1) is 6.61 Å². The van der Waals surface area contributed by atoms with E-state index in [0.717, 1.165) is 23.4 Å². The van der Waals surface area contributed by atoms with Crippen LogP contribution in [0.1, 0.15) is 48.4 Å². The Morgan fingerprint density at radius 1 is 1.03 bits per heavy atom. The molecule has 0 bridgehead atoms. The van der Waals surface area contributed by atoms with Gasteiger partial charge < -0.3 is 19.1 Å². The van der Waals surface area contributed by atoms with Gasteiger partial charge in [-0.25, -0.2) is 4.39 Å². The molecule has 38 heavy (non-hydrogen) atoms. The molecule has 4 rings (SSSR count). The number of benzene rings is 3. The molecule has 0 aromatic heterocycles. The predicted octanol–water partition coefficient (Wildman–Crippen LogP) is 6.66. The number of hydrogen-bond acceptors (Lipinski definition) is 5. The van der Waals surface area contributed by atoms with Crippen LogP contribution in [0.5, 0.6) is 11.5 Å². The lowest BCUT2D eigenvalue weighted by Crippen LogP contribution is -2.30. The maximum absolute atomic E-state index is 14.5. The molecule has 0 N–H and O–H groups in total. The Labute approximate surface area is 225 Å². The maximum Gasteiger partial charge on any atom is 0.306 e. The topological polar surface area (TPSA) is 48.0 Å². The zero-order valence-corrected chi connectivity index (χ0v) is 22.9. The van der Waals surface area contributed by atoms with Crippen LogP contribution in [0.3, 0.4) is 0 Å². The van der Waals surface area contributed by atoms with E-state index in [1.54, 1.807) is 19.1 Å². The van der Waals surface area contributed by atoms with Crippen LogP contribution in [0.15, 0.2) is 54.6 Å². The highest BCUT2D eigenvalue weighted by Gasteiger charge is 2.21.